The van der Waals surface area contributed by atoms with E-state index >= 15 is 0 Å². The molecule has 1 heterocycles. The first-order valence-corrected chi connectivity index (χ1v) is 12.1. The molecule has 0 atom stereocenters. The molecule has 1 aliphatic rings. The quantitative estimate of drug-likeness (QED) is 0.266. The number of ether oxygens (including phenoxy) is 2. The highest BCUT2D eigenvalue weighted by Gasteiger charge is 2.20. The van der Waals surface area contributed by atoms with Crippen LogP contribution < -0.4 is 10.1 Å². The number of fused-ring (bicyclic) bond motifs is 1. The van der Waals surface area contributed by atoms with Gasteiger partial charge in [0.2, 0.25) is 6.41 Å². The van der Waals surface area contributed by atoms with Gasteiger partial charge in [0, 0.05) is 18.9 Å². The maximum Gasteiger partial charge on any atom is 0.211 e. The lowest BCUT2D eigenvalue weighted by Gasteiger charge is -2.26. The van der Waals surface area contributed by atoms with E-state index in [4.69, 9.17) is 9.47 Å². The van der Waals surface area contributed by atoms with E-state index in [2.05, 4.69) is 29.1 Å². The summed E-state index contributed by atoms with van der Waals surface area (Å²) in [5.41, 5.74) is 3.98. The second-order valence-electron chi connectivity index (χ2n) is 8.18. The zero-order valence-electron chi connectivity index (χ0n) is 20.3. The van der Waals surface area contributed by atoms with Gasteiger partial charge in [-0.05, 0) is 68.9 Å². The molecule has 1 saturated carbocycles. The van der Waals surface area contributed by atoms with Crippen molar-refractivity contribution >= 4 is 23.1 Å². The molecule has 2 aromatic carbocycles. The third-order valence-corrected chi connectivity index (χ3v) is 5.24. The van der Waals surface area contributed by atoms with E-state index in [1.54, 1.807) is 6.33 Å². The number of rotatable bonds is 10. The van der Waals surface area contributed by atoms with Crippen LogP contribution in [0, 0.1) is 6.92 Å². The lowest BCUT2D eigenvalue weighted by molar-refractivity contribution is -0.105. The number of carbonyl (C=O) groups excluding carboxylic acids is 1. The summed E-state index contributed by atoms with van der Waals surface area (Å²) in [5.74, 6) is 0.911. The SMILES string of the molecule is CCCCCOCCC.Cc1cccc(NC=O)c1.c1cc(OC2CCC2)c2nc[nH]c2c1. The molecule has 1 amide bonds. The summed E-state index contributed by atoms with van der Waals surface area (Å²) in [6, 6.07) is 13.6. The van der Waals surface area contributed by atoms with Crippen molar-refractivity contribution in [2.75, 3.05) is 18.5 Å². The van der Waals surface area contributed by atoms with Crippen LogP contribution >= 0.6 is 0 Å². The van der Waals surface area contributed by atoms with Gasteiger partial charge in [-0.25, -0.2) is 4.98 Å². The molecule has 33 heavy (non-hydrogen) atoms. The van der Waals surface area contributed by atoms with E-state index in [1.165, 1.54) is 38.5 Å². The maximum absolute atomic E-state index is 9.97. The molecule has 180 valence electrons. The second-order valence-corrected chi connectivity index (χ2v) is 8.18. The number of carbonyl (C=O) groups is 1. The first-order valence-electron chi connectivity index (χ1n) is 12.1. The van der Waals surface area contributed by atoms with E-state index in [0.717, 1.165) is 47.7 Å². The fraction of sp³-hybridized carbons (Fsp3) is 0.481. The molecule has 0 bridgehead atoms. The molecular weight excluding hydrogens is 414 g/mol. The molecule has 2 N–H and O–H groups in total. The minimum Gasteiger partial charge on any atom is -0.488 e. The number of H-pyrrole nitrogens is 1. The molecule has 6 nitrogen and oxygen atoms in total. The first-order chi connectivity index (χ1) is 16.2. The monoisotopic (exact) mass is 453 g/mol. The number of benzene rings is 2. The maximum atomic E-state index is 9.97. The number of aromatic nitrogens is 2. The summed E-state index contributed by atoms with van der Waals surface area (Å²) in [5, 5.41) is 2.57. The Morgan fingerprint density at radius 2 is 1.91 bits per heavy atom. The smallest absolute Gasteiger partial charge is 0.211 e. The number of anilines is 1. The van der Waals surface area contributed by atoms with Crippen molar-refractivity contribution in [1.82, 2.24) is 9.97 Å². The molecule has 0 aliphatic heterocycles. The van der Waals surface area contributed by atoms with Gasteiger partial charge >= 0.3 is 0 Å². The lowest BCUT2D eigenvalue weighted by atomic mass is 9.96. The molecule has 6 heteroatoms. The zero-order chi connectivity index (χ0) is 23.7. The van der Waals surface area contributed by atoms with E-state index in [-0.39, 0.29) is 0 Å². The average Bonchev–Trinajstić information content (AvgIpc) is 3.27. The molecule has 0 unspecified atom stereocenters. The van der Waals surface area contributed by atoms with Crippen molar-refractivity contribution in [1.29, 1.82) is 0 Å². The van der Waals surface area contributed by atoms with Gasteiger partial charge in [-0.2, -0.15) is 0 Å². The van der Waals surface area contributed by atoms with Gasteiger partial charge in [0.05, 0.1) is 17.9 Å². The first kappa shape index (κ1) is 26.4. The summed E-state index contributed by atoms with van der Waals surface area (Å²) in [6.45, 7) is 8.22. The fourth-order valence-electron chi connectivity index (χ4n) is 3.21. The van der Waals surface area contributed by atoms with Gasteiger partial charge in [0.25, 0.3) is 0 Å². The van der Waals surface area contributed by atoms with Crippen LogP contribution in [0.25, 0.3) is 11.0 Å². The van der Waals surface area contributed by atoms with E-state index in [0.29, 0.717) is 12.5 Å². The summed E-state index contributed by atoms with van der Waals surface area (Å²) in [6.07, 6.45) is 11.4. The van der Waals surface area contributed by atoms with E-state index in [1.807, 2.05) is 49.4 Å². The number of imidazole rings is 1. The van der Waals surface area contributed by atoms with Gasteiger partial charge in [-0.1, -0.05) is 44.9 Å². The highest BCUT2D eigenvalue weighted by molar-refractivity contribution is 5.81. The van der Waals surface area contributed by atoms with Gasteiger partial charge in [-0.15, -0.1) is 0 Å². The van der Waals surface area contributed by atoms with Crippen LogP contribution in [-0.2, 0) is 9.53 Å². The molecule has 4 rings (SSSR count). The molecule has 0 spiro atoms. The predicted molar refractivity (Wildman–Crippen MR) is 136 cm³/mol. The number of aryl methyl sites for hydroxylation is 1. The third kappa shape index (κ3) is 10.1. The van der Waals surface area contributed by atoms with Crippen LogP contribution in [0.2, 0.25) is 0 Å². The number of para-hydroxylation sites is 1. The number of hydrogen-bond acceptors (Lipinski definition) is 4. The van der Waals surface area contributed by atoms with Crippen LogP contribution in [0.1, 0.15) is 64.4 Å². The number of hydrogen-bond donors (Lipinski definition) is 2. The standard InChI is InChI=1S/C11H12N2O.C8H9NO.C8H18O/c1-3-8(4-1)14-10-6-2-5-9-11(10)13-7-12-9;1-7-3-2-4-8(5-7)9-6-10;1-3-5-6-8-9-7-4-2/h2,5-8H,1,3-4H2,(H,12,13);2-6H,1H3,(H,9,10);3-8H2,1-2H3. The molecule has 1 aromatic heterocycles. The summed E-state index contributed by atoms with van der Waals surface area (Å²) in [4.78, 5) is 17.3. The minimum atomic E-state index is 0.414. The van der Waals surface area contributed by atoms with E-state index in [9.17, 15) is 4.79 Å². The number of nitrogens with one attached hydrogen (secondary N) is 2. The second kappa shape index (κ2) is 15.9. The summed E-state index contributed by atoms with van der Waals surface area (Å²) >= 11 is 0. The van der Waals surface area contributed by atoms with Gasteiger partial charge in [-0.3, -0.25) is 4.79 Å². The van der Waals surface area contributed by atoms with Crippen LogP contribution in [0.3, 0.4) is 0 Å². The van der Waals surface area contributed by atoms with Crippen molar-refractivity contribution in [3.63, 3.8) is 0 Å². The Labute approximate surface area is 198 Å². The third-order valence-electron chi connectivity index (χ3n) is 5.24. The average molecular weight is 454 g/mol. The fourth-order valence-corrected chi connectivity index (χ4v) is 3.21. The normalized spacial score (nSPS) is 12.6. The van der Waals surface area contributed by atoms with E-state index < -0.39 is 0 Å². The summed E-state index contributed by atoms with van der Waals surface area (Å²) < 4.78 is 11.1. The Balaban J connectivity index is 0.000000182. The largest absolute Gasteiger partial charge is 0.488 e. The molecule has 3 aromatic rings. The number of aromatic amines is 1. The summed E-state index contributed by atoms with van der Waals surface area (Å²) in [7, 11) is 0. The van der Waals surface area contributed by atoms with Gasteiger partial charge in [0.1, 0.15) is 11.3 Å². The topological polar surface area (TPSA) is 76.2 Å². The number of unbranched alkanes of at least 4 members (excludes halogenated alkanes) is 2. The molecule has 0 radical (unpaired) electrons. The molecular formula is C27H39N3O3. The van der Waals surface area contributed by atoms with Crippen LogP contribution in [0.4, 0.5) is 5.69 Å². The number of amides is 1. The Hall–Kier alpha value is -2.86. The highest BCUT2D eigenvalue weighted by Crippen LogP contribution is 2.29. The Morgan fingerprint density at radius 3 is 2.58 bits per heavy atom. The number of nitrogens with zero attached hydrogens (tertiary/aromatic N) is 1. The van der Waals surface area contributed by atoms with Crippen molar-refractivity contribution in [2.24, 2.45) is 0 Å². The van der Waals surface area contributed by atoms with Crippen molar-refractivity contribution in [3.05, 3.63) is 54.4 Å². The zero-order valence-corrected chi connectivity index (χ0v) is 20.3. The minimum absolute atomic E-state index is 0.414. The molecule has 1 aliphatic carbocycles. The van der Waals surface area contributed by atoms with Crippen molar-refractivity contribution in [3.8, 4) is 5.75 Å². The Morgan fingerprint density at radius 1 is 1.09 bits per heavy atom. The lowest BCUT2D eigenvalue weighted by Crippen LogP contribution is -2.24. The van der Waals surface area contributed by atoms with Gasteiger partial charge < -0.3 is 19.8 Å². The predicted octanol–water partition coefficient (Wildman–Crippen LogP) is 6.66. The molecule has 0 saturated heterocycles. The highest BCUT2D eigenvalue weighted by atomic mass is 16.5. The van der Waals surface area contributed by atoms with Gasteiger partial charge in [0.15, 0.2) is 0 Å². The van der Waals surface area contributed by atoms with Crippen LogP contribution in [0.15, 0.2) is 48.8 Å². The Bertz CT molecular complexity index is 916. The Kier molecular flexibility index (Phi) is 12.7. The van der Waals surface area contributed by atoms with Crippen molar-refractivity contribution in [2.45, 2.75) is 71.8 Å². The van der Waals surface area contributed by atoms with Crippen molar-refractivity contribution < 1.29 is 14.3 Å². The van der Waals surface area contributed by atoms with Crippen LogP contribution in [-0.4, -0.2) is 35.7 Å². The molecule has 1 fully saturated rings. The van der Waals surface area contributed by atoms with Crippen LogP contribution in [0.5, 0.6) is 5.75 Å².